The van der Waals surface area contributed by atoms with Gasteiger partial charge in [-0.2, -0.15) is 0 Å². The van der Waals surface area contributed by atoms with Crippen molar-refractivity contribution >= 4 is 11.9 Å². The number of carbonyl (C=O) groups is 2. The van der Waals surface area contributed by atoms with Gasteiger partial charge in [-0.1, -0.05) is 25.5 Å². The van der Waals surface area contributed by atoms with Gasteiger partial charge in [-0.25, -0.2) is 0 Å². The SMILES string of the molecule is CCC/C=C/C(CC(=O)[O-])C(=O)O.[K+]. The number of carboxylic acids is 2. The summed E-state index contributed by atoms with van der Waals surface area (Å²) in [7, 11) is 0. The molecule has 0 aliphatic carbocycles. The molecule has 0 fully saturated rings. The van der Waals surface area contributed by atoms with Crippen LogP contribution in [-0.2, 0) is 9.59 Å². The van der Waals surface area contributed by atoms with E-state index in [1.54, 1.807) is 6.08 Å². The minimum absolute atomic E-state index is 0. The van der Waals surface area contributed by atoms with Crippen LogP contribution in [0.15, 0.2) is 12.2 Å². The topological polar surface area (TPSA) is 77.4 Å². The van der Waals surface area contributed by atoms with Crippen molar-refractivity contribution in [3.05, 3.63) is 12.2 Å². The smallest absolute Gasteiger partial charge is 0.550 e. The molecule has 0 aromatic rings. The fraction of sp³-hybridized carbons (Fsp3) is 0.556. The summed E-state index contributed by atoms with van der Waals surface area (Å²) in [5.41, 5.74) is 0. The first-order chi connectivity index (χ1) is 6.07. The van der Waals surface area contributed by atoms with Crippen LogP contribution in [0.4, 0.5) is 0 Å². The molecular formula is C9H13KO4. The van der Waals surface area contributed by atoms with Gasteiger partial charge >= 0.3 is 57.4 Å². The molecule has 74 valence electrons. The fourth-order valence-electron chi connectivity index (χ4n) is 0.844. The number of hydrogen-bond donors (Lipinski definition) is 1. The molecule has 0 aromatic heterocycles. The van der Waals surface area contributed by atoms with E-state index in [0.29, 0.717) is 0 Å². The van der Waals surface area contributed by atoms with Crippen molar-refractivity contribution in [2.45, 2.75) is 26.2 Å². The molecule has 1 N–H and O–H groups in total. The predicted octanol–water partition coefficient (Wildman–Crippen LogP) is -2.81. The molecule has 0 aliphatic rings. The predicted molar refractivity (Wildman–Crippen MR) is 44.8 cm³/mol. The number of aliphatic carboxylic acids is 2. The normalized spacial score (nSPS) is 12.1. The molecule has 4 nitrogen and oxygen atoms in total. The van der Waals surface area contributed by atoms with Gasteiger partial charge in [-0.05, 0) is 6.42 Å². The average molecular weight is 224 g/mol. The van der Waals surface area contributed by atoms with Crippen molar-refractivity contribution in [1.82, 2.24) is 0 Å². The maximum absolute atomic E-state index is 10.5. The van der Waals surface area contributed by atoms with Gasteiger partial charge in [0.25, 0.3) is 0 Å². The zero-order chi connectivity index (χ0) is 10.3. The quantitative estimate of drug-likeness (QED) is 0.390. The Labute approximate surface area is 126 Å². The molecule has 1 atom stereocenters. The fourth-order valence-corrected chi connectivity index (χ4v) is 0.844. The van der Waals surface area contributed by atoms with Gasteiger partial charge in [-0.15, -0.1) is 0 Å². The molecule has 14 heavy (non-hydrogen) atoms. The first-order valence-corrected chi connectivity index (χ1v) is 4.17. The zero-order valence-corrected chi connectivity index (χ0v) is 11.6. The number of rotatable bonds is 6. The summed E-state index contributed by atoms with van der Waals surface area (Å²) in [6.07, 6.45) is 4.30. The van der Waals surface area contributed by atoms with Crippen molar-refractivity contribution in [1.29, 1.82) is 0 Å². The molecule has 0 saturated heterocycles. The van der Waals surface area contributed by atoms with Crippen LogP contribution in [0, 0.1) is 5.92 Å². The van der Waals surface area contributed by atoms with E-state index < -0.39 is 24.3 Å². The van der Waals surface area contributed by atoms with Crippen molar-refractivity contribution in [2.24, 2.45) is 5.92 Å². The molecule has 0 aliphatic heterocycles. The van der Waals surface area contributed by atoms with Crippen LogP contribution in [0.2, 0.25) is 0 Å². The van der Waals surface area contributed by atoms with E-state index in [0.717, 1.165) is 12.8 Å². The minimum Gasteiger partial charge on any atom is -0.550 e. The molecule has 0 spiro atoms. The molecule has 0 aromatic carbocycles. The van der Waals surface area contributed by atoms with Gasteiger partial charge in [-0.3, -0.25) is 4.79 Å². The first-order valence-electron chi connectivity index (χ1n) is 4.17. The Kier molecular flexibility index (Phi) is 11.8. The van der Waals surface area contributed by atoms with Crippen molar-refractivity contribution in [3.63, 3.8) is 0 Å². The van der Waals surface area contributed by atoms with Crippen LogP contribution in [0.1, 0.15) is 26.2 Å². The zero-order valence-electron chi connectivity index (χ0n) is 8.53. The third-order valence-corrected chi connectivity index (χ3v) is 1.53. The summed E-state index contributed by atoms with van der Waals surface area (Å²) < 4.78 is 0. The Morgan fingerprint density at radius 1 is 1.50 bits per heavy atom. The second-order valence-electron chi connectivity index (χ2n) is 2.74. The van der Waals surface area contributed by atoms with Crippen LogP contribution in [-0.4, -0.2) is 17.0 Å². The number of hydrogen-bond acceptors (Lipinski definition) is 3. The third kappa shape index (κ3) is 8.89. The molecule has 0 rings (SSSR count). The molecule has 0 saturated carbocycles. The third-order valence-electron chi connectivity index (χ3n) is 1.53. The summed E-state index contributed by atoms with van der Waals surface area (Å²) in [4.78, 5) is 20.6. The Balaban J connectivity index is 0. The van der Waals surface area contributed by atoms with Gasteiger partial charge in [0.2, 0.25) is 0 Å². The molecular weight excluding hydrogens is 211 g/mol. The number of allylic oxidation sites excluding steroid dienone is 1. The van der Waals surface area contributed by atoms with Crippen molar-refractivity contribution in [2.75, 3.05) is 0 Å². The summed E-state index contributed by atoms with van der Waals surface area (Å²) >= 11 is 0. The van der Waals surface area contributed by atoms with Gasteiger partial charge in [0.15, 0.2) is 0 Å². The second kappa shape index (κ2) is 9.86. The van der Waals surface area contributed by atoms with E-state index >= 15 is 0 Å². The molecule has 0 radical (unpaired) electrons. The minimum atomic E-state index is -1.34. The van der Waals surface area contributed by atoms with Crippen LogP contribution < -0.4 is 56.5 Å². The van der Waals surface area contributed by atoms with E-state index in [-0.39, 0.29) is 51.4 Å². The largest absolute Gasteiger partial charge is 1.00 e. The van der Waals surface area contributed by atoms with Gasteiger partial charge in [0.1, 0.15) is 0 Å². The molecule has 1 unspecified atom stereocenters. The van der Waals surface area contributed by atoms with Crippen LogP contribution in [0.3, 0.4) is 0 Å². The molecule has 0 amide bonds. The summed E-state index contributed by atoms with van der Waals surface area (Å²) in [6.45, 7) is 1.96. The Bertz CT molecular complexity index is 213. The molecule has 0 heterocycles. The standard InChI is InChI=1S/C9H14O4.K/c1-2-3-4-5-7(9(12)13)6-8(10)11;/h4-5,7H,2-3,6H2,1H3,(H,10,11)(H,12,13);/q;+1/p-1/b5-4+;. The monoisotopic (exact) mass is 224 g/mol. The number of unbranched alkanes of at least 4 members (excludes halogenated alkanes) is 1. The van der Waals surface area contributed by atoms with Crippen LogP contribution >= 0.6 is 0 Å². The Morgan fingerprint density at radius 2 is 2.07 bits per heavy atom. The maximum atomic E-state index is 10.5. The van der Waals surface area contributed by atoms with E-state index in [1.165, 1.54) is 6.08 Å². The summed E-state index contributed by atoms with van der Waals surface area (Å²) in [5, 5.41) is 18.7. The van der Waals surface area contributed by atoms with E-state index in [9.17, 15) is 14.7 Å². The summed E-state index contributed by atoms with van der Waals surface area (Å²) in [6, 6.07) is 0. The molecule has 0 bridgehead atoms. The summed E-state index contributed by atoms with van der Waals surface area (Å²) in [5.74, 6) is -3.43. The van der Waals surface area contributed by atoms with E-state index in [1.807, 2.05) is 6.92 Å². The van der Waals surface area contributed by atoms with E-state index in [2.05, 4.69) is 0 Å². The average Bonchev–Trinajstić information content (AvgIpc) is 2.02. The van der Waals surface area contributed by atoms with Gasteiger partial charge in [0, 0.05) is 12.4 Å². The van der Waals surface area contributed by atoms with Gasteiger partial charge in [0.05, 0.1) is 5.92 Å². The number of carboxylic acid groups (broad SMARTS) is 2. The van der Waals surface area contributed by atoms with Gasteiger partial charge < -0.3 is 15.0 Å². The van der Waals surface area contributed by atoms with Crippen molar-refractivity contribution < 1.29 is 71.2 Å². The second-order valence-corrected chi connectivity index (χ2v) is 2.74. The Morgan fingerprint density at radius 3 is 2.43 bits per heavy atom. The maximum Gasteiger partial charge on any atom is 1.00 e. The molecule has 5 heteroatoms. The van der Waals surface area contributed by atoms with E-state index in [4.69, 9.17) is 5.11 Å². The van der Waals surface area contributed by atoms with Crippen LogP contribution in [0.25, 0.3) is 0 Å². The van der Waals surface area contributed by atoms with Crippen molar-refractivity contribution in [3.8, 4) is 0 Å². The van der Waals surface area contributed by atoms with Crippen LogP contribution in [0.5, 0.6) is 0 Å². The first kappa shape index (κ1) is 16.7. The Hall–Kier alpha value is 0.316. The number of carbonyl (C=O) groups excluding carboxylic acids is 1.